The Hall–Kier alpha value is -1.24. The minimum absolute atomic E-state index is 0.121. The van der Waals surface area contributed by atoms with Crippen molar-refractivity contribution in [3.63, 3.8) is 0 Å². The van der Waals surface area contributed by atoms with Gasteiger partial charge in [0.15, 0.2) is 0 Å². The topological polar surface area (TPSA) is 4.93 Å². The van der Waals surface area contributed by atoms with Gasteiger partial charge in [-0.15, -0.1) is 0 Å². The molecule has 0 atom stereocenters. The number of aryl methyl sites for hydroxylation is 3. The van der Waals surface area contributed by atoms with Gasteiger partial charge in [0.25, 0.3) is 0 Å². The molecule has 104 valence electrons. The summed E-state index contributed by atoms with van der Waals surface area (Å²) < 4.78 is 2.52. The molecule has 2 rings (SSSR count). The fourth-order valence-corrected chi connectivity index (χ4v) is 3.39. The van der Waals surface area contributed by atoms with Gasteiger partial charge in [0, 0.05) is 16.6 Å². The van der Waals surface area contributed by atoms with Crippen molar-refractivity contribution in [2.45, 2.75) is 67.9 Å². The summed E-state index contributed by atoms with van der Waals surface area (Å²) >= 11 is 0. The lowest BCUT2D eigenvalue weighted by atomic mass is 9.93. The van der Waals surface area contributed by atoms with Crippen molar-refractivity contribution < 1.29 is 0 Å². The first-order valence-electron chi connectivity index (χ1n) is 7.17. The summed E-state index contributed by atoms with van der Waals surface area (Å²) in [6.07, 6.45) is 0. The van der Waals surface area contributed by atoms with Crippen LogP contribution in [0, 0.1) is 41.5 Å². The Morgan fingerprint density at radius 3 is 1.58 bits per heavy atom. The number of hydrogen-bond acceptors (Lipinski definition) is 0. The second kappa shape index (κ2) is 4.13. The van der Waals surface area contributed by atoms with E-state index in [1.807, 2.05) is 0 Å². The van der Waals surface area contributed by atoms with E-state index in [0.717, 1.165) is 0 Å². The molecule has 1 heteroatoms. The molecule has 0 aliphatic carbocycles. The first-order valence-corrected chi connectivity index (χ1v) is 7.17. The lowest BCUT2D eigenvalue weighted by Gasteiger charge is -2.26. The number of rotatable bonds is 0. The Morgan fingerprint density at radius 1 is 0.632 bits per heavy atom. The van der Waals surface area contributed by atoms with Crippen molar-refractivity contribution in [1.29, 1.82) is 0 Å². The van der Waals surface area contributed by atoms with Gasteiger partial charge in [-0.25, -0.2) is 0 Å². The second-order valence-electron chi connectivity index (χ2n) is 6.94. The third-order valence-corrected chi connectivity index (χ3v) is 4.80. The van der Waals surface area contributed by atoms with Crippen LogP contribution in [0.15, 0.2) is 0 Å². The van der Waals surface area contributed by atoms with Gasteiger partial charge in [0.1, 0.15) is 0 Å². The fourth-order valence-electron chi connectivity index (χ4n) is 3.39. The Morgan fingerprint density at radius 2 is 1.11 bits per heavy atom. The molecule has 0 saturated carbocycles. The van der Waals surface area contributed by atoms with Gasteiger partial charge in [-0.1, -0.05) is 0 Å². The summed E-state index contributed by atoms with van der Waals surface area (Å²) in [5, 5.41) is 1.47. The number of nitrogens with zero attached hydrogens (tertiary/aromatic N) is 1. The van der Waals surface area contributed by atoms with Crippen LogP contribution in [-0.2, 0) is 5.54 Å². The molecular formula is C18H27N. The molecule has 0 radical (unpaired) electrons. The summed E-state index contributed by atoms with van der Waals surface area (Å²) in [6.45, 7) is 20.4. The van der Waals surface area contributed by atoms with E-state index in [2.05, 4.69) is 66.9 Å². The number of aromatic nitrogens is 1. The molecule has 0 saturated heterocycles. The smallest absolute Gasteiger partial charge is 0.0525 e. The Kier molecular flexibility index (Phi) is 3.08. The van der Waals surface area contributed by atoms with Crippen LogP contribution in [0.25, 0.3) is 10.9 Å². The Bertz CT molecular complexity index is 664. The van der Waals surface area contributed by atoms with E-state index in [-0.39, 0.29) is 5.54 Å². The standard InChI is InChI=1S/C18H27N/c1-10-11(2)13(4)17-16(12(10)3)14(5)15(6)19(17)18(7,8)9/h1-9H3. The van der Waals surface area contributed by atoms with Gasteiger partial charge in [-0.2, -0.15) is 0 Å². The Balaban J connectivity index is 3.14. The monoisotopic (exact) mass is 257 g/mol. The van der Waals surface area contributed by atoms with Gasteiger partial charge < -0.3 is 4.57 Å². The summed E-state index contributed by atoms with van der Waals surface area (Å²) in [5.74, 6) is 0. The van der Waals surface area contributed by atoms with E-state index in [0.29, 0.717) is 0 Å². The summed E-state index contributed by atoms with van der Waals surface area (Å²) in [4.78, 5) is 0. The van der Waals surface area contributed by atoms with Crippen molar-refractivity contribution in [3.8, 4) is 0 Å². The second-order valence-corrected chi connectivity index (χ2v) is 6.94. The van der Waals surface area contributed by atoms with E-state index in [1.54, 1.807) is 0 Å². The molecule has 1 aromatic carbocycles. The van der Waals surface area contributed by atoms with Gasteiger partial charge in [-0.3, -0.25) is 0 Å². The highest BCUT2D eigenvalue weighted by molar-refractivity contribution is 5.93. The highest BCUT2D eigenvalue weighted by Crippen LogP contribution is 2.37. The van der Waals surface area contributed by atoms with E-state index in [9.17, 15) is 0 Å². The van der Waals surface area contributed by atoms with E-state index in [4.69, 9.17) is 0 Å². The van der Waals surface area contributed by atoms with Crippen molar-refractivity contribution in [2.24, 2.45) is 0 Å². The maximum Gasteiger partial charge on any atom is 0.0525 e. The van der Waals surface area contributed by atoms with Crippen LogP contribution in [-0.4, -0.2) is 4.57 Å². The highest BCUT2D eigenvalue weighted by Gasteiger charge is 2.24. The molecular weight excluding hydrogens is 230 g/mol. The Labute approximate surface area is 117 Å². The zero-order valence-corrected chi connectivity index (χ0v) is 13.9. The number of benzene rings is 1. The van der Waals surface area contributed by atoms with E-state index in [1.165, 1.54) is 44.4 Å². The van der Waals surface area contributed by atoms with Crippen LogP contribution in [0.1, 0.15) is 54.3 Å². The van der Waals surface area contributed by atoms with Crippen LogP contribution >= 0.6 is 0 Å². The van der Waals surface area contributed by atoms with E-state index >= 15 is 0 Å². The molecule has 1 nitrogen and oxygen atoms in total. The lowest BCUT2D eigenvalue weighted by molar-refractivity contribution is 0.402. The van der Waals surface area contributed by atoms with Gasteiger partial charge in [-0.05, 0) is 90.1 Å². The van der Waals surface area contributed by atoms with Crippen LogP contribution in [0.5, 0.6) is 0 Å². The van der Waals surface area contributed by atoms with Gasteiger partial charge in [0.2, 0.25) is 0 Å². The molecule has 2 aromatic rings. The average Bonchev–Trinajstić information content (AvgIpc) is 2.57. The molecule has 0 N–H and O–H groups in total. The van der Waals surface area contributed by atoms with Crippen molar-refractivity contribution in [3.05, 3.63) is 33.5 Å². The molecule has 0 amide bonds. The SMILES string of the molecule is Cc1c(C)c(C)c2c(c1C)c(C)c(C)n2C(C)(C)C. The summed E-state index contributed by atoms with van der Waals surface area (Å²) in [7, 11) is 0. The molecule has 0 aliphatic rings. The molecule has 0 bridgehead atoms. The molecule has 0 unspecified atom stereocenters. The molecule has 1 heterocycles. The average molecular weight is 257 g/mol. The van der Waals surface area contributed by atoms with Crippen molar-refractivity contribution in [2.75, 3.05) is 0 Å². The third kappa shape index (κ3) is 1.82. The maximum absolute atomic E-state index is 2.52. The molecule has 0 spiro atoms. The normalized spacial score (nSPS) is 12.5. The predicted molar refractivity (Wildman–Crippen MR) is 85.4 cm³/mol. The molecule has 0 aliphatic heterocycles. The summed E-state index contributed by atoms with van der Waals surface area (Å²) in [6, 6.07) is 0. The number of fused-ring (bicyclic) bond motifs is 1. The molecule has 0 fully saturated rings. The van der Waals surface area contributed by atoms with Crippen LogP contribution < -0.4 is 0 Å². The van der Waals surface area contributed by atoms with Gasteiger partial charge in [0.05, 0.1) is 5.52 Å². The van der Waals surface area contributed by atoms with Crippen LogP contribution in [0.4, 0.5) is 0 Å². The largest absolute Gasteiger partial charge is 0.339 e. The third-order valence-electron chi connectivity index (χ3n) is 4.80. The maximum atomic E-state index is 2.52. The highest BCUT2D eigenvalue weighted by atomic mass is 15.1. The van der Waals surface area contributed by atoms with Crippen LogP contribution in [0.2, 0.25) is 0 Å². The first-order chi connectivity index (χ1) is 8.59. The predicted octanol–water partition coefficient (Wildman–Crippen LogP) is 5.25. The molecule has 1 aromatic heterocycles. The van der Waals surface area contributed by atoms with E-state index < -0.39 is 0 Å². The summed E-state index contributed by atoms with van der Waals surface area (Å²) in [5.41, 5.74) is 10.2. The fraction of sp³-hybridized carbons (Fsp3) is 0.556. The quantitative estimate of drug-likeness (QED) is 0.607. The lowest BCUT2D eigenvalue weighted by Crippen LogP contribution is -2.23. The van der Waals surface area contributed by atoms with Gasteiger partial charge >= 0.3 is 0 Å². The number of hydrogen-bond donors (Lipinski definition) is 0. The minimum atomic E-state index is 0.121. The zero-order valence-electron chi connectivity index (χ0n) is 13.9. The first kappa shape index (κ1) is 14.2. The van der Waals surface area contributed by atoms with Crippen molar-refractivity contribution >= 4 is 10.9 Å². The van der Waals surface area contributed by atoms with Crippen LogP contribution in [0.3, 0.4) is 0 Å². The molecule has 19 heavy (non-hydrogen) atoms. The zero-order chi connectivity index (χ0) is 14.7. The van der Waals surface area contributed by atoms with Crippen molar-refractivity contribution in [1.82, 2.24) is 4.57 Å². The minimum Gasteiger partial charge on any atom is -0.339 e.